The Morgan fingerprint density at radius 3 is 1.88 bits per heavy atom. The lowest BCUT2D eigenvalue weighted by Crippen LogP contribution is -2.58. The van der Waals surface area contributed by atoms with Gasteiger partial charge in [0.2, 0.25) is 23.6 Å². The van der Waals surface area contributed by atoms with Crippen molar-refractivity contribution in [2.45, 2.75) is 75.7 Å². The van der Waals surface area contributed by atoms with Crippen LogP contribution in [0.25, 0.3) is 0 Å². The molecule has 0 bridgehead atoms. The van der Waals surface area contributed by atoms with Crippen LogP contribution in [-0.4, -0.2) is 87.7 Å². The van der Waals surface area contributed by atoms with Crippen molar-refractivity contribution in [1.82, 2.24) is 16.0 Å². The molecule has 0 saturated carbocycles. The van der Waals surface area contributed by atoms with Gasteiger partial charge in [0, 0.05) is 6.42 Å². The van der Waals surface area contributed by atoms with Crippen molar-refractivity contribution >= 4 is 35.6 Å². The highest BCUT2D eigenvalue weighted by Gasteiger charge is 2.32. The van der Waals surface area contributed by atoms with Crippen molar-refractivity contribution in [2.75, 3.05) is 6.54 Å². The number of carbonyl (C=O) groups excluding carboxylic acids is 4. The lowest BCUT2D eigenvalue weighted by molar-refractivity contribution is -0.145. The summed E-state index contributed by atoms with van der Waals surface area (Å²) in [7, 11) is 0. The minimum atomic E-state index is -1.72. The fraction of sp³-hybridized carbons (Fsp3) is 0.684. The number of carbonyl (C=O) groups is 6. The van der Waals surface area contributed by atoms with E-state index in [2.05, 4.69) is 10.6 Å². The molecule has 0 aromatic heterocycles. The van der Waals surface area contributed by atoms with Gasteiger partial charge in [-0.1, -0.05) is 0 Å². The van der Waals surface area contributed by atoms with E-state index in [-0.39, 0.29) is 19.3 Å². The molecule has 4 amide bonds. The molecule has 0 fully saturated rings. The summed E-state index contributed by atoms with van der Waals surface area (Å²) in [5, 5.41) is 34.0. The van der Waals surface area contributed by atoms with Crippen molar-refractivity contribution in [3.8, 4) is 0 Å². The topological polar surface area (TPSA) is 277 Å². The van der Waals surface area contributed by atoms with E-state index in [9.17, 15) is 33.9 Å². The average Bonchev–Trinajstić information content (AvgIpc) is 2.73. The molecule has 0 saturated heterocycles. The summed E-state index contributed by atoms with van der Waals surface area (Å²) in [5.74, 6) is -6.46. The van der Waals surface area contributed by atoms with Crippen LogP contribution in [0.2, 0.25) is 0 Å². The zero-order valence-corrected chi connectivity index (χ0v) is 18.9. The number of hydrogen-bond acceptors (Lipinski definition) is 9. The van der Waals surface area contributed by atoms with Crippen molar-refractivity contribution in [1.29, 1.82) is 0 Å². The predicted molar refractivity (Wildman–Crippen MR) is 117 cm³/mol. The number of amides is 4. The molecule has 15 nitrogen and oxygen atoms in total. The van der Waals surface area contributed by atoms with Crippen LogP contribution >= 0.6 is 0 Å². The Hall–Kier alpha value is -3.30. The highest BCUT2D eigenvalue weighted by atomic mass is 16.4. The van der Waals surface area contributed by atoms with E-state index in [0.29, 0.717) is 19.4 Å². The second kappa shape index (κ2) is 15.5. The number of aliphatic hydroxyl groups excluding tert-OH is 1. The summed E-state index contributed by atoms with van der Waals surface area (Å²) in [6.07, 6.45) is -1.74. The predicted octanol–water partition coefficient (Wildman–Crippen LogP) is -3.90. The van der Waals surface area contributed by atoms with E-state index in [1.807, 2.05) is 5.32 Å². The molecule has 34 heavy (non-hydrogen) atoms. The van der Waals surface area contributed by atoms with E-state index in [1.54, 1.807) is 0 Å². The number of nitrogens with two attached hydrogens (primary N) is 3. The first-order valence-electron chi connectivity index (χ1n) is 10.6. The number of carboxylic acid groups (broad SMARTS) is 2. The Bertz CT molecular complexity index is 746. The standard InChI is InChI=1S/C19H34N6O9/c1-9(26)15(19(33)34)25-18(32)12(8-13(22)27)24-17(31)11(4-2-3-7-20)23-16(30)10(21)5-6-14(28)29/h9-12,15,26H,2-8,20-21H2,1H3,(H2,22,27)(H,23,30)(H,24,31)(H,25,32)(H,28,29)(H,33,34). The second-order valence-electron chi connectivity index (χ2n) is 7.68. The fourth-order valence-electron chi connectivity index (χ4n) is 2.78. The van der Waals surface area contributed by atoms with Crippen LogP contribution in [0.4, 0.5) is 0 Å². The minimum Gasteiger partial charge on any atom is -0.481 e. The molecule has 5 atom stereocenters. The van der Waals surface area contributed by atoms with E-state index >= 15 is 0 Å². The molecule has 0 heterocycles. The lowest BCUT2D eigenvalue weighted by Gasteiger charge is -2.25. The first-order chi connectivity index (χ1) is 15.8. The number of aliphatic carboxylic acids is 2. The van der Waals surface area contributed by atoms with E-state index in [0.717, 1.165) is 6.92 Å². The number of unbranched alkanes of at least 4 members (excludes halogenated alkanes) is 1. The van der Waals surface area contributed by atoms with Crippen LogP contribution < -0.4 is 33.2 Å². The van der Waals surface area contributed by atoms with Crippen molar-refractivity contribution in [3.05, 3.63) is 0 Å². The normalized spacial score (nSPS) is 15.2. The van der Waals surface area contributed by atoms with Gasteiger partial charge in [0.25, 0.3) is 0 Å². The Balaban J connectivity index is 5.50. The van der Waals surface area contributed by atoms with Crippen LogP contribution in [-0.2, 0) is 28.8 Å². The van der Waals surface area contributed by atoms with Gasteiger partial charge >= 0.3 is 11.9 Å². The molecular formula is C19H34N6O9. The average molecular weight is 491 g/mol. The van der Waals surface area contributed by atoms with Crippen LogP contribution in [0, 0.1) is 0 Å². The molecule has 0 aromatic carbocycles. The monoisotopic (exact) mass is 490 g/mol. The Morgan fingerprint density at radius 2 is 1.41 bits per heavy atom. The van der Waals surface area contributed by atoms with Crippen LogP contribution in [0.15, 0.2) is 0 Å². The summed E-state index contributed by atoms with van der Waals surface area (Å²) >= 11 is 0. The Morgan fingerprint density at radius 1 is 0.853 bits per heavy atom. The molecule has 0 aromatic rings. The lowest BCUT2D eigenvalue weighted by atomic mass is 10.0. The maximum absolute atomic E-state index is 12.8. The molecule has 0 spiro atoms. The van der Waals surface area contributed by atoms with Crippen LogP contribution in [0.1, 0.15) is 45.4 Å². The first kappa shape index (κ1) is 30.7. The molecule has 194 valence electrons. The van der Waals surface area contributed by atoms with Gasteiger partial charge in [-0.15, -0.1) is 0 Å². The summed E-state index contributed by atoms with van der Waals surface area (Å²) in [5.41, 5.74) is 16.2. The molecule has 5 unspecified atom stereocenters. The summed E-state index contributed by atoms with van der Waals surface area (Å²) in [4.78, 5) is 70.9. The molecule has 0 aliphatic carbocycles. The molecule has 15 heteroatoms. The van der Waals surface area contributed by atoms with Crippen LogP contribution in [0.3, 0.4) is 0 Å². The summed E-state index contributed by atoms with van der Waals surface area (Å²) in [6.45, 7) is 1.43. The number of hydrogen-bond donors (Lipinski definition) is 9. The van der Waals surface area contributed by atoms with Crippen molar-refractivity contribution in [3.63, 3.8) is 0 Å². The van der Waals surface area contributed by atoms with Gasteiger partial charge in [-0.05, 0) is 39.2 Å². The van der Waals surface area contributed by atoms with E-state index in [1.165, 1.54) is 0 Å². The highest BCUT2D eigenvalue weighted by Crippen LogP contribution is 2.05. The maximum atomic E-state index is 12.8. The SMILES string of the molecule is CC(O)C(NC(=O)C(CC(N)=O)NC(=O)C(CCCCN)NC(=O)C(N)CCC(=O)O)C(=O)O. The van der Waals surface area contributed by atoms with Crippen molar-refractivity contribution in [2.24, 2.45) is 17.2 Å². The quantitative estimate of drug-likeness (QED) is 0.0888. The van der Waals surface area contributed by atoms with Gasteiger partial charge in [0.05, 0.1) is 18.6 Å². The molecular weight excluding hydrogens is 456 g/mol. The largest absolute Gasteiger partial charge is 0.481 e. The third-order valence-electron chi connectivity index (χ3n) is 4.67. The zero-order chi connectivity index (χ0) is 26.4. The first-order valence-corrected chi connectivity index (χ1v) is 10.6. The number of primary amides is 1. The number of nitrogens with one attached hydrogen (secondary N) is 3. The highest BCUT2D eigenvalue weighted by molar-refractivity contribution is 5.96. The van der Waals surface area contributed by atoms with Gasteiger partial charge in [0.15, 0.2) is 6.04 Å². The molecule has 0 aliphatic heterocycles. The minimum absolute atomic E-state index is 0.0801. The zero-order valence-electron chi connectivity index (χ0n) is 18.9. The van der Waals surface area contributed by atoms with Crippen LogP contribution in [0.5, 0.6) is 0 Å². The molecule has 0 aliphatic rings. The fourth-order valence-corrected chi connectivity index (χ4v) is 2.78. The molecule has 12 N–H and O–H groups in total. The number of carboxylic acids is 2. The molecule has 0 radical (unpaired) electrons. The maximum Gasteiger partial charge on any atom is 0.328 e. The van der Waals surface area contributed by atoms with Gasteiger partial charge < -0.3 is 48.5 Å². The summed E-state index contributed by atoms with van der Waals surface area (Å²) < 4.78 is 0. The number of aliphatic hydroxyl groups is 1. The third-order valence-corrected chi connectivity index (χ3v) is 4.67. The van der Waals surface area contributed by atoms with Gasteiger partial charge in [-0.3, -0.25) is 24.0 Å². The van der Waals surface area contributed by atoms with Crippen molar-refractivity contribution < 1.29 is 44.1 Å². The Kier molecular flexibility index (Phi) is 14.0. The second-order valence-corrected chi connectivity index (χ2v) is 7.68. The van der Waals surface area contributed by atoms with Gasteiger partial charge in [0.1, 0.15) is 12.1 Å². The van der Waals surface area contributed by atoms with Gasteiger partial charge in [-0.25, -0.2) is 4.79 Å². The summed E-state index contributed by atoms with van der Waals surface area (Å²) in [6, 6.07) is -5.75. The van der Waals surface area contributed by atoms with E-state index in [4.69, 9.17) is 27.4 Å². The Labute approximate surface area is 195 Å². The smallest absolute Gasteiger partial charge is 0.328 e. The van der Waals surface area contributed by atoms with E-state index < -0.39 is 72.3 Å². The van der Waals surface area contributed by atoms with Gasteiger partial charge in [-0.2, -0.15) is 0 Å². The molecule has 0 rings (SSSR count). The number of rotatable bonds is 17. The third kappa shape index (κ3) is 12.1.